The number of benzene rings is 1. The molecule has 0 heterocycles. The Bertz CT molecular complexity index is 254. The van der Waals surface area contributed by atoms with Crippen LogP contribution in [0, 0.1) is 0 Å². The second-order valence-electron chi connectivity index (χ2n) is 3.70. The molecule has 14 heavy (non-hydrogen) atoms. The first-order valence-corrected chi connectivity index (χ1v) is 5.18. The number of nitrogens with two attached hydrogens (primary N) is 1. The van der Waals surface area contributed by atoms with Crippen molar-refractivity contribution in [1.29, 1.82) is 0 Å². The summed E-state index contributed by atoms with van der Waals surface area (Å²) in [6, 6.07) is 8.25. The molecule has 0 atom stereocenters. The van der Waals surface area contributed by atoms with E-state index in [1.54, 1.807) is 0 Å². The first-order valence-electron chi connectivity index (χ1n) is 5.18. The predicted molar refractivity (Wildman–Crippen MR) is 59.6 cm³/mol. The summed E-state index contributed by atoms with van der Waals surface area (Å²) < 4.78 is 5.55. The van der Waals surface area contributed by atoms with Crippen LogP contribution in [0.2, 0.25) is 0 Å². The van der Waals surface area contributed by atoms with Crippen molar-refractivity contribution in [1.82, 2.24) is 0 Å². The molecule has 78 valence electrons. The SMILES string of the molecule is CC(C)Oc1ccc(CCCN)cc1. The monoisotopic (exact) mass is 193 g/mol. The lowest BCUT2D eigenvalue weighted by Gasteiger charge is -2.09. The molecule has 0 aromatic heterocycles. The van der Waals surface area contributed by atoms with Gasteiger partial charge in [-0.15, -0.1) is 0 Å². The molecular weight excluding hydrogens is 174 g/mol. The first-order chi connectivity index (χ1) is 6.72. The van der Waals surface area contributed by atoms with Crippen molar-refractivity contribution in [3.05, 3.63) is 29.8 Å². The highest BCUT2D eigenvalue weighted by atomic mass is 16.5. The average molecular weight is 193 g/mol. The van der Waals surface area contributed by atoms with E-state index in [0.29, 0.717) is 0 Å². The Morgan fingerprint density at radius 2 is 1.86 bits per heavy atom. The standard InChI is InChI=1S/C12H19NO/c1-10(2)14-12-7-5-11(6-8-12)4-3-9-13/h5-8,10H,3-4,9,13H2,1-2H3. The highest BCUT2D eigenvalue weighted by molar-refractivity contribution is 5.27. The molecular formula is C12H19NO. The summed E-state index contributed by atoms with van der Waals surface area (Å²) in [6.07, 6.45) is 2.34. The highest BCUT2D eigenvalue weighted by Gasteiger charge is 1.97. The summed E-state index contributed by atoms with van der Waals surface area (Å²) in [5.41, 5.74) is 6.77. The van der Waals surface area contributed by atoms with E-state index in [4.69, 9.17) is 10.5 Å². The second-order valence-corrected chi connectivity index (χ2v) is 3.70. The van der Waals surface area contributed by atoms with Crippen LogP contribution in [-0.2, 0) is 6.42 Å². The summed E-state index contributed by atoms with van der Waals surface area (Å²) in [7, 11) is 0. The van der Waals surface area contributed by atoms with Gasteiger partial charge < -0.3 is 10.5 Å². The van der Waals surface area contributed by atoms with Gasteiger partial charge in [0.15, 0.2) is 0 Å². The molecule has 0 spiro atoms. The smallest absolute Gasteiger partial charge is 0.119 e. The van der Waals surface area contributed by atoms with Gasteiger partial charge in [-0.05, 0) is 50.9 Å². The number of ether oxygens (including phenoxy) is 1. The van der Waals surface area contributed by atoms with E-state index in [-0.39, 0.29) is 6.10 Å². The minimum absolute atomic E-state index is 0.241. The predicted octanol–water partition coefficient (Wildman–Crippen LogP) is 2.37. The maximum absolute atomic E-state index is 5.55. The van der Waals surface area contributed by atoms with Crippen molar-refractivity contribution in [2.24, 2.45) is 5.73 Å². The Kier molecular flexibility index (Phi) is 4.47. The zero-order chi connectivity index (χ0) is 10.4. The van der Waals surface area contributed by atoms with Crippen molar-refractivity contribution in [3.63, 3.8) is 0 Å². The lowest BCUT2D eigenvalue weighted by Crippen LogP contribution is -2.05. The number of aryl methyl sites for hydroxylation is 1. The Hall–Kier alpha value is -1.02. The summed E-state index contributed by atoms with van der Waals surface area (Å²) >= 11 is 0. The lowest BCUT2D eigenvalue weighted by atomic mass is 10.1. The number of hydrogen-bond donors (Lipinski definition) is 1. The zero-order valence-corrected chi connectivity index (χ0v) is 8.99. The van der Waals surface area contributed by atoms with Crippen LogP contribution in [-0.4, -0.2) is 12.6 Å². The minimum atomic E-state index is 0.241. The molecule has 0 aliphatic heterocycles. The maximum Gasteiger partial charge on any atom is 0.119 e. The van der Waals surface area contributed by atoms with Gasteiger partial charge in [-0.3, -0.25) is 0 Å². The fourth-order valence-corrected chi connectivity index (χ4v) is 1.31. The van der Waals surface area contributed by atoms with Gasteiger partial charge in [0.1, 0.15) is 5.75 Å². The third-order valence-corrected chi connectivity index (χ3v) is 1.96. The molecule has 0 amide bonds. The van der Waals surface area contributed by atoms with E-state index in [1.807, 2.05) is 26.0 Å². The van der Waals surface area contributed by atoms with E-state index in [9.17, 15) is 0 Å². The van der Waals surface area contributed by atoms with Crippen LogP contribution in [0.15, 0.2) is 24.3 Å². The van der Waals surface area contributed by atoms with Crippen molar-refractivity contribution in [2.45, 2.75) is 32.8 Å². The van der Waals surface area contributed by atoms with E-state index in [2.05, 4.69) is 12.1 Å². The van der Waals surface area contributed by atoms with Gasteiger partial charge in [0, 0.05) is 0 Å². The maximum atomic E-state index is 5.55. The Morgan fingerprint density at radius 1 is 1.21 bits per heavy atom. The second kappa shape index (κ2) is 5.66. The molecule has 0 unspecified atom stereocenters. The molecule has 1 aromatic rings. The largest absolute Gasteiger partial charge is 0.491 e. The Balaban J connectivity index is 2.50. The van der Waals surface area contributed by atoms with Gasteiger partial charge in [-0.2, -0.15) is 0 Å². The van der Waals surface area contributed by atoms with Gasteiger partial charge in [-0.1, -0.05) is 12.1 Å². The lowest BCUT2D eigenvalue weighted by molar-refractivity contribution is 0.242. The molecule has 1 aromatic carbocycles. The van der Waals surface area contributed by atoms with Crippen LogP contribution in [0.4, 0.5) is 0 Å². The third kappa shape index (κ3) is 3.79. The van der Waals surface area contributed by atoms with Gasteiger partial charge >= 0.3 is 0 Å². The van der Waals surface area contributed by atoms with Crippen molar-refractivity contribution in [3.8, 4) is 5.75 Å². The zero-order valence-electron chi connectivity index (χ0n) is 8.99. The van der Waals surface area contributed by atoms with Gasteiger partial charge in [0.2, 0.25) is 0 Å². The normalized spacial score (nSPS) is 10.6. The molecule has 0 saturated heterocycles. The Morgan fingerprint density at radius 3 is 2.36 bits per heavy atom. The van der Waals surface area contributed by atoms with Gasteiger partial charge in [-0.25, -0.2) is 0 Å². The molecule has 0 radical (unpaired) electrons. The van der Waals surface area contributed by atoms with Crippen LogP contribution in [0.5, 0.6) is 5.75 Å². The molecule has 0 fully saturated rings. The molecule has 2 heteroatoms. The summed E-state index contributed by atoms with van der Waals surface area (Å²) in [5.74, 6) is 0.941. The van der Waals surface area contributed by atoms with E-state index in [1.165, 1.54) is 5.56 Å². The Labute approximate surface area is 86.1 Å². The minimum Gasteiger partial charge on any atom is -0.491 e. The van der Waals surface area contributed by atoms with E-state index < -0.39 is 0 Å². The van der Waals surface area contributed by atoms with Crippen LogP contribution < -0.4 is 10.5 Å². The van der Waals surface area contributed by atoms with E-state index >= 15 is 0 Å². The van der Waals surface area contributed by atoms with Crippen LogP contribution >= 0.6 is 0 Å². The molecule has 0 bridgehead atoms. The highest BCUT2D eigenvalue weighted by Crippen LogP contribution is 2.14. The number of hydrogen-bond acceptors (Lipinski definition) is 2. The number of rotatable bonds is 5. The first kappa shape index (κ1) is 11.1. The summed E-state index contributed by atoms with van der Waals surface area (Å²) in [5, 5.41) is 0. The fourth-order valence-electron chi connectivity index (χ4n) is 1.31. The summed E-state index contributed by atoms with van der Waals surface area (Å²) in [6.45, 7) is 4.81. The average Bonchev–Trinajstić information content (AvgIpc) is 2.16. The summed E-state index contributed by atoms with van der Waals surface area (Å²) in [4.78, 5) is 0. The van der Waals surface area contributed by atoms with Gasteiger partial charge in [0.25, 0.3) is 0 Å². The molecule has 2 nitrogen and oxygen atoms in total. The van der Waals surface area contributed by atoms with Gasteiger partial charge in [0.05, 0.1) is 6.10 Å². The molecule has 0 saturated carbocycles. The molecule has 0 aliphatic rings. The van der Waals surface area contributed by atoms with E-state index in [0.717, 1.165) is 25.1 Å². The molecule has 0 aliphatic carbocycles. The van der Waals surface area contributed by atoms with Crippen LogP contribution in [0.1, 0.15) is 25.8 Å². The molecule has 1 rings (SSSR count). The van der Waals surface area contributed by atoms with Crippen molar-refractivity contribution < 1.29 is 4.74 Å². The van der Waals surface area contributed by atoms with Crippen molar-refractivity contribution >= 4 is 0 Å². The quantitative estimate of drug-likeness (QED) is 0.779. The van der Waals surface area contributed by atoms with Crippen molar-refractivity contribution in [2.75, 3.05) is 6.54 Å². The molecule has 2 N–H and O–H groups in total. The fraction of sp³-hybridized carbons (Fsp3) is 0.500. The topological polar surface area (TPSA) is 35.2 Å². The van der Waals surface area contributed by atoms with Crippen LogP contribution in [0.3, 0.4) is 0 Å². The van der Waals surface area contributed by atoms with Crippen LogP contribution in [0.25, 0.3) is 0 Å². The third-order valence-electron chi connectivity index (χ3n) is 1.96.